The third kappa shape index (κ3) is 6.11. The smallest absolute Gasteiger partial charge is 0.306 e. The Balaban J connectivity index is 0.000000177. The van der Waals surface area contributed by atoms with Crippen LogP contribution in [0.15, 0.2) is 27.9 Å². The number of aromatic nitrogens is 2. The predicted molar refractivity (Wildman–Crippen MR) is 104 cm³/mol. The summed E-state index contributed by atoms with van der Waals surface area (Å²) in [6.45, 7) is 4.06. The molecule has 0 spiro atoms. The average molecular weight is 370 g/mol. The lowest BCUT2D eigenvalue weighted by atomic mass is 9.96. The lowest BCUT2D eigenvalue weighted by molar-refractivity contribution is 0.419. The molecule has 0 saturated heterocycles. The van der Waals surface area contributed by atoms with Gasteiger partial charge < -0.3 is 9.97 Å². The molecule has 0 bridgehead atoms. The minimum Gasteiger partial charge on any atom is -0.306 e. The van der Waals surface area contributed by atoms with Crippen molar-refractivity contribution in [1.82, 2.24) is 14.7 Å². The Bertz CT molecular complexity index is 705. The third-order valence-corrected chi connectivity index (χ3v) is 5.96. The first-order valence-corrected chi connectivity index (χ1v) is 10.9. The Kier molecular flexibility index (Phi) is 8.08. The Hall–Kier alpha value is -1.05. The second kappa shape index (κ2) is 10.1. The molecular weight excluding hydrogens is 342 g/mol. The number of hydrogen-bond acceptors (Lipinski definition) is 3. The van der Waals surface area contributed by atoms with Gasteiger partial charge in [-0.2, -0.15) is 0 Å². The van der Waals surface area contributed by atoms with Crippen LogP contribution in [0.25, 0.3) is 11.0 Å². The highest BCUT2D eigenvalue weighted by atomic mass is 32.2. The molecular formula is C17H27N3O2S2. The van der Waals surface area contributed by atoms with Crippen molar-refractivity contribution in [2.75, 3.05) is 11.5 Å². The van der Waals surface area contributed by atoms with Gasteiger partial charge in [-0.1, -0.05) is 33.1 Å². The number of imidazole rings is 1. The maximum absolute atomic E-state index is 11.1. The van der Waals surface area contributed by atoms with Gasteiger partial charge >= 0.3 is 5.69 Å². The molecule has 1 fully saturated rings. The minimum absolute atomic E-state index is 0.145. The molecule has 1 aliphatic rings. The molecule has 1 aromatic carbocycles. The van der Waals surface area contributed by atoms with Crippen LogP contribution in [0, 0.1) is 0 Å². The summed E-state index contributed by atoms with van der Waals surface area (Å²) in [7, 11) is -0.775. The Labute approximate surface area is 150 Å². The quantitative estimate of drug-likeness (QED) is 0.705. The summed E-state index contributed by atoms with van der Waals surface area (Å²) in [5.41, 5.74) is 1.60. The highest BCUT2D eigenvalue weighted by molar-refractivity contribution is 7.99. The first kappa shape index (κ1) is 19.3. The third-order valence-electron chi connectivity index (χ3n) is 3.96. The molecule has 5 nitrogen and oxygen atoms in total. The van der Waals surface area contributed by atoms with Crippen LogP contribution >= 0.6 is 11.8 Å². The standard InChI is InChI=1S/C9H10N2OS.C8H17NOS/c1-2-13-6-3-4-7-8(5-6)11-9(12)10-7;1-2-11(10)9-8-6-4-3-5-7-8/h3-5H,2H2,1H3,(H2,10,11,12);8-9H,2-7H2,1H3. The van der Waals surface area contributed by atoms with Crippen LogP contribution in [0.3, 0.4) is 0 Å². The number of rotatable bonds is 5. The zero-order valence-electron chi connectivity index (χ0n) is 14.4. The Morgan fingerprint density at radius 2 is 1.88 bits per heavy atom. The molecule has 1 aromatic heterocycles. The monoisotopic (exact) mass is 369 g/mol. The van der Waals surface area contributed by atoms with Gasteiger partial charge in [0.05, 0.1) is 22.0 Å². The van der Waals surface area contributed by atoms with E-state index in [2.05, 4.69) is 21.6 Å². The van der Waals surface area contributed by atoms with Crippen molar-refractivity contribution in [3.8, 4) is 0 Å². The van der Waals surface area contributed by atoms with Crippen LogP contribution in [0.1, 0.15) is 46.0 Å². The number of H-pyrrole nitrogens is 2. The van der Waals surface area contributed by atoms with E-state index in [1.165, 1.54) is 37.0 Å². The summed E-state index contributed by atoms with van der Waals surface area (Å²) in [5, 5.41) is 0. The van der Waals surface area contributed by atoms with E-state index in [-0.39, 0.29) is 5.69 Å². The molecule has 2 aromatic rings. The summed E-state index contributed by atoms with van der Waals surface area (Å²) in [4.78, 5) is 17.6. The first-order valence-electron chi connectivity index (χ1n) is 8.61. The zero-order chi connectivity index (χ0) is 17.4. The SMILES string of the molecule is CCS(=O)NC1CCCCC1.CCSc1ccc2[nH]c(=O)[nH]c2c1. The van der Waals surface area contributed by atoms with E-state index in [1.54, 1.807) is 11.8 Å². The Morgan fingerprint density at radius 3 is 2.54 bits per heavy atom. The summed E-state index contributed by atoms with van der Waals surface area (Å²) >= 11 is 1.76. The molecule has 7 heteroatoms. The molecule has 1 aliphatic carbocycles. The Morgan fingerprint density at radius 1 is 1.17 bits per heavy atom. The zero-order valence-corrected chi connectivity index (χ0v) is 16.0. The van der Waals surface area contributed by atoms with Gasteiger partial charge in [0, 0.05) is 16.7 Å². The lowest BCUT2D eigenvalue weighted by Crippen LogP contribution is -2.33. The van der Waals surface area contributed by atoms with Crippen molar-refractivity contribution in [1.29, 1.82) is 0 Å². The maximum atomic E-state index is 11.1. The highest BCUT2D eigenvalue weighted by Gasteiger charge is 2.13. The molecule has 3 N–H and O–H groups in total. The minimum atomic E-state index is -0.775. The average Bonchev–Trinajstić information content (AvgIpc) is 2.96. The summed E-state index contributed by atoms with van der Waals surface area (Å²) in [5.74, 6) is 1.77. The molecule has 1 unspecified atom stereocenters. The fourth-order valence-corrected chi connectivity index (χ4v) is 4.23. The number of hydrogen-bond donors (Lipinski definition) is 3. The van der Waals surface area contributed by atoms with Crippen molar-refractivity contribution in [3.05, 3.63) is 28.7 Å². The van der Waals surface area contributed by atoms with E-state index in [4.69, 9.17) is 0 Å². The number of nitrogens with one attached hydrogen (secondary N) is 3. The molecule has 0 amide bonds. The van der Waals surface area contributed by atoms with Gasteiger partial charge in [0.15, 0.2) is 0 Å². The van der Waals surface area contributed by atoms with Crippen LogP contribution < -0.4 is 10.4 Å². The van der Waals surface area contributed by atoms with E-state index in [9.17, 15) is 9.00 Å². The molecule has 134 valence electrons. The topological polar surface area (TPSA) is 77.8 Å². The summed E-state index contributed by atoms with van der Waals surface area (Å²) < 4.78 is 14.2. The molecule has 0 aliphatic heterocycles. The lowest BCUT2D eigenvalue weighted by Gasteiger charge is -2.21. The number of fused-ring (bicyclic) bond motifs is 1. The van der Waals surface area contributed by atoms with Crippen LogP contribution in [0.4, 0.5) is 0 Å². The van der Waals surface area contributed by atoms with E-state index in [1.807, 2.05) is 25.1 Å². The van der Waals surface area contributed by atoms with E-state index in [0.29, 0.717) is 6.04 Å². The normalized spacial score (nSPS) is 16.6. The molecule has 1 saturated carbocycles. The molecule has 24 heavy (non-hydrogen) atoms. The number of thioether (sulfide) groups is 1. The van der Waals surface area contributed by atoms with Crippen molar-refractivity contribution in [2.45, 2.75) is 56.9 Å². The molecule has 0 radical (unpaired) electrons. The van der Waals surface area contributed by atoms with Crippen molar-refractivity contribution >= 4 is 33.8 Å². The van der Waals surface area contributed by atoms with Gasteiger partial charge in [0.1, 0.15) is 0 Å². The maximum Gasteiger partial charge on any atom is 0.323 e. The van der Waals surface area contributed by atoms with E-state index < -0.39 is 11.0 Å². The molecule has 3 rings (SSSR count). The summed E-state index contributed by atoms with van der Waals surface area (Å²) in [6, 6.07) is 6.46. The highest BCUT2D eigenvalue weighted by Crippen LogP contribution is 2.20. The van der Waals surface area contributed by atoms with Crippen molar-refractivity contribution in [3.63, 3.8) is 0 Å². The van der Waals surface area contributed by atoms with Crippen LogP contribution in [0.2, 0.25) is 0 Å². The fraction of sp³-hybridized carbons (Fsp3) is 0.588. The number of aromatic amines is 2. The van der Waals surface area contributed by atoms with Gasteiger partial charge in [-0.25, -0.2) is 13.7 Å². The van der Waals surface area contributed by atoms with E-state index >= 15 is 0 Å². The molecule has 1 atom stereocenters. The largest absolute Gasteiger partial charge is 0.323 e. The van der Waals surface area contributed by atoms with Gasteiger partial charge in [0.2, 0.25) is 0 Å². The molecule has 1 heterocycles. The number of benzene rings is 1. The van der Waals surface area contributed by atoms with Crippen LogP contribution in [-0.4, -0.2) is 31.7 Å². The van der Waals surface area contributed by atoms with Gasteiger partial charge in [-0.3, -0.25) is 0 Å². The van der Waals surface area contributed by atoms with Crippen LogP contribution in [0.5, 0.6) is 0 Å². The van der Waals surface area contributed by atoms with Gasteiger partial charge in [-0.15, -0.1) is 11.8 Å². The van der Waals surface area contributed by atoms with Crippen LogP contribution in [-0.2, 0) is 11.0 Å². The van der Waals surface area contributed by atoms with Crippen molar-refractivity contribution < 1.29 is 4.21 Å². The second-order valence-corrected chi connectivity index (χ2v) is 8.65. The first-order chi connectivity index (χ1) is 11.6. The van der Waals surface area contributed by atoms with Gasteiger partial charge in [-0.05, 0) is 36.8 Å². The second-order valence-electron chi connectivity index (χ2n) is 5.81. The van der Waals surface area contributed by atoms with E-state index in [0.717, 1.165) is 22.5 Å². The van der Waals surface area contributed by atoms with Gasteiger partial charge in [0.25, 0.3) is 0 Å². The summed E-state index contributed by atoms with van der Waals surface area (Å²) in [6.07, 6.45) is 6.39. The van der Waals surface area contributed by atoms with Crippen molar-refractivity contribution in [2.24, 2.45) is 0 Å². The predicted octanol–water partition coefficient (Wildman–Crippen LogP) is 3.56. The fourth-order valence-electron chi connectivity index (χ4n) is 2.76.